The first kappa shape index (κ1) is 21.4. The molecule has 0 heterocycles. The van der Waals surface area contributed by atoms with Crippen molar-refractivity contribution in [1.29, 1.82) is 0 Å². The molecule has 0 aliphatic rings. The van der Waals surface area contributed by atoms with E-state index < -0.39 is 0 Å². The van der Waals surface area contributed by atoms with Crippen molar-refractivity contribution >= 4 is 17.5 Å². The Morgan fingerprint density at radius 1 is 0.769 bits per heavy atom. The Hall–Kier alpha value is -2.62. The molecular weight excluding hydrogens is 324 g/mol. The van der Waals surface area contributed by atoms with E-state index in [0.29, 0.717) is 11.1 Å². The fourth-order valence-corrected chi connectivity index (χ4v) is 3.02. The number of carbonyl (C=O) groups is 2. The third-order valence-corrected chi connectivity index (χ3v) is 5.21. The lowest BCUT2D eigenvalue weighted by molar-refractivity contribution is 0.0963. The quantitative estimate of drug-likeness (QED) is 0.833. The van der Waals surface area contributed by atoms with Gasteiger partial charge in [0.2, 0.25) is 0 Å². The molecule has 0 aliphatic heterocycles. The molecule has 0 unspecified atom stereocenters. The summed E-state index contributed by atoms with van der Waals surface area (Å²) in [5.41, 5.74) is 8.47. The van der Waals surface area contributed by atoms with E-state index >= 15 is 0 Å². The van der Waals surface area contributed by atoms with Crippen molar-refractivity contribution in [2.75, 3.05) is 12.4 Å². The largest absolute Gasteiger partial charge is 0.355 e. The minimum absolute atomic E-state index is 0. The van der Waals surface area contributed by atoms with Crippen molar-refractivity contribution in [3.05, 3.63) is 62.7 Å². The van der Waals surface area contributed by atoms with Crippen LogP contribution in [0.25, 0.3) is 0 Å². The molecule has 2 aromatic rings. The Morgan fingerprint density at radius 3 is 1.77 bits per heavy atom. The van der Waals surface area contributed by atoms with Gasteiger partial charge in [-0.3, -0.25) is 9.59 Å². The number of hydrogen-bond acceptors (Lipinski definition) is 2. The average molecular weight is 354 g/mol. The van der Waals surface area contributed by atoms with Crippen LogP contribution in [0.2, 0.25) is 0 Å². The van der Waals surface area contributed by atoms with Crippen molar-refractivity contribution < 1.29 is 9.59 Å². The van der Waals surface area contributed by atoms with Gasteiger partial charge >= 0.3 is 0 Å². The van der Waals surface area contributed by atoms with Crippen LogP contribution >= 0.6 is 0 Å². The van der Waals surface area contributed by atoms with Gasteiger partial charge in [0.15, 0.2) is 0 Å². The van der Waals surface area contributed by atoms with Crippen LogP contribution in [0, 0.1) is 41.5 Å². The molecule has 26 heavy (non-hydrogen) atoms. The van der Waals surface area contributed by atoms with Gasteiger partial charge < -0.3 is 10.6 Å². The minimum Gasteiger partial charge on any atom is -0.355 e. The summed E-state index contributed by atoms with van der Waals surface area (Å²) in [5.74, 6) is -0.402. The van der Waals surface area contributed by atoms with E-state index in [-0.39, 0.29) is 19.2 Å². The van der Waals surface area contributed by atoms with Crippen molar-refractivity contribution in [3.63, 3.8) is 0 Å². The fourth-order valence-electron chi connectivity index (χ4n) is 3.02. The van der Waals surface area contributed by atoms with Gasteiger partial charge in [0, 0.05) is 23.9 Å². The van der Waals surface area contributed by atoms with Gasteiger partial charge in [0.05, 0.1) is 0 Å². The summed E-state index contributed by atoms with van der Waals surface area (Å²) in [6, 6.07) is 5.16. The smallest absolute Gasteiger partial charge is 0.255 e. The van der Waals surface area contributed by atoms with Gasteiger partial charge in [-0.1, -0.05) is 13.5 Å². The zero-order valence-corrected chi connectivity index (χ0v) is 16.0. The second-order valence-electron chi connectivity index (χ2n) is 6.56. The van der Waals surface area contributed by atoms with E-state index in [2.05, 4.69) is 31.4 Å². The Morgan fingerprint density at radius 2 is 1.27 bits per heavy atom. The second-order valence-corrected chi connectivity index (χ2v) is 6.56. The summed E-state index contributed by atoms with van der Waals surface area (Å²) in [5, 5.41) is 5.64. The number of carbonyl (C=O) groups excluding carboxylic acids is 2. The second kappa shape index (κ2) is 8.17. The molecule has 0 bridgehead atoms. The zero-order chi connectivity index (χ0) is 18.9. The third-order valence-electron chi connectivity index (χ3n) is 5.21. The lowest BCUT2D eigenvalue weighted by atomic mass is 9.92. The van der Waals surface area contributed by atoms with Crippen LogP contribution in [0.3, 0.4) is 0 Å². The topological polar surface area (TPSA) is 58.2 Å². The van der Waals surface area contributed by atoms with Crippen LogP contribution in [0.4, 0.5) is 5.69 Å². The van der Waals surface area contributed by atoms with Crippen LogP contribution < -0.4 is 10.6 Å². The molecule has 140 valence electrons. The average Bonchev–Trinajstić information content (AvgIpc) is 2.61. The van der Waals surface area contributed by atoms with Crippen molar-refractivity contribution in [2.24, 2.45) is 0 Å². The molecule has 0 spiro atoms. The first-order chi connectivity index (χ1) is 11.7. The van der Waals surface area contributed by atoms with Crippen LogP contribution in [-0.2, 0) is 0 Å². The third kappa shape index (κ3) is 3.79. The molecule has 2 amide bonds. The summed E-state index contributed by atoms with van der Waals surface area (Å²) < 4.78 is 0. The maximum Gasteiger partial charge on any atom is 0.255 e. The van der Waals surface area contributed by atoms with Gasteiger partial charge in [-0.05, 0) is 87.1 Å². The van der Waals surface area contributed by atoms with Crippen LogP contribution in [-0.4, -0.2) is 18.9 Å². The summed E-state index contributed by atoms with van der Waals surface area (Å²) in [6.07, 6.45) is 0. The number of anilines is 1. The SMILES string of the molecule is C.CNC(=O)c1ccc(C)c(C(=O)Nc2c(C)c(C)c(C)c(C)c2C)c1. The van der Waals surface area contributed by atoms with Crippen molar-refractivity contribution in [2.45, 2.75) is 49.0 Å². The molecule has 0 radical (unpaired) electrons. The molecule has 0 saturated heterocycles. The molecule has 2 aromatic carbocycles. The van der Waals surface area contributed by atoms with Gasteiger partial charge in [-0.2, -0.15) is 0 Å². The minimum atomic E-state index is -0.205. The highest BCUT2D eigenvalue weighted by Gasteiger charge is 2.17. The van der Waals surface area contributed by atoms with Gasteiger partial charge in [0.1, 0.15) is 0 Å². The fraction of sp³-hybridized carbons (Fsp3) is 0.364. The van der Waals surface area contributed by atoms with Crippen molar-refractivity contribution in [1.82, 2.24) is 5.32 Å². The van der Waals surface area contributed by atoms with Gasteiger partial charge in [-0.25, -0.2) is 0 Å². The number of aryl methyl sites for hydroxylation is 1. The highest BCUT2D eigenvalue weighted by atomic mass is 16.2. The molecule has 0 aliphatic carbocycles. The summed E-state index contributed by atoms with van der Waals surface area (Å²) in [7, 11) is 1.58. The maximum atomic E-state index is 12.9. The molecule has 0 atom stereocenters. The maximum absolute atomic E-state index is 12.9. The molecule has 2 rings (SSSR count). The van der Waals surface area contributed by atoms with E-state index in [1.807, 2.05) is 20.8 Å². The van der Waals surface area contributed by atoms with E-state index in [0.717, 1.165) is 22.4 Å². The number of hydrogen-bond donors (Lipinski definition) is 2. The zero-order valence-electron chi connectivity index (χ0n) is 16.0. The van der Waals surface area contributed by atoms with E-state index in [1.165, 1.54) is 16.7 Å². The molecule has 0 saturated carbocycles. The molecule has 0 fully saturated rings. The number of amides is 2. The van der Waals surface area contributed by atoms with Gasteiger partial charge in [-0.15, -0.1) is 0 Å². The predicted molar refractivity (Wildman–Crippen MR) is 109 cm³/mol. The number of benzene rings is 2. The van der Waals surface area contributed by atoms with Crippen LogP contribution in [0.15, 0.2) is 18.2 Å². The predicted octanol–water partition coefficient (Wildman–Crippen LogP) is 4.79. The molecule has 4 nitrogen and oxygen atoms in total. The Labute approximate surface area is 157 Å². The first-order valence-corrected chi connectivity index (χ1v) is 8.40. The standard InChI is InChI=1S/C21H26N2O2.CH4/c1-11-8-9-17(20(24)22-7)10-18(11)21(25)23-19-15(5)13(3)12(2)14(4)16(19)6;/h8-10H,1-7H3,(H,22,24)(H,23,25);1H4. The normalized spacial score (nSPS) is 10.1. The van der Waals surface area contributed by atoms with E-state index in [4.69, 9.17) is 0 Å². The summed E-state index contributed by atoms with van der Waals surface area (Å²) in [4.78, 5) is 24.7. The van der Waals surface area contributed by atoms with E-state index in [1.54, 1.807) is 25.2 Å². The van der Waals surface area contributed by atoms with Crippen molar-refractivity contribution in [3.8, 4) is 0 Å². The highest BCUT2D eigenvalue weighted by molar-refractivity contribution is 6.08. The van der Waals surface area contributed by atoms with Crippen LogP contribution in [0.1, 0.15) is 61.5 Å². The Balaban J connectivity index is 0.00000338. The monoisotopic (exact) mass is 354 g/mol. The Kier molecular flexibility index (Phi) is 6.73. The Bertz CT molecular complexity index is 838. The van der Waals surface area contributed by atoms with E-state index in [9.17, 15) is 9.59 Å². The number of rotatable bonds is 3. The highest BCUT2D eigenvalue weighted by Crippen LogP contribution is 2.30. The molecular formula is C22H30N2O2. The summed E-state index contributed by atoms with van der Waals surface area (Å²) >= 11 is 0. The molecule has 2 N–H and O–H groups in total. The molecule has 0 aromatic heterocycles. The lowest BCUT2D eigenvalue weighted by Gasteiger charge is -2.19. The van der Waals surface area contributed by atoms with Gasteiger partial charge in [0.25, 0.3) is 11.8 Å². The van der Waals surface area contributed by atoms with Crippen LogP contribution in [0.5, 0.6) is 0 Å². The first-order valence-electron chi connectivity index (χ1n) is 8.40. The molecule has 4 heteroatoms. The lowest BCUT2D eigenvalue weighted by Crippen LogP contribution is -2.20. The summed E-state index contributed by atoms with van der Waals surface area (Å²) in [6.45, 7) is 12.2. The number of nitrogens with one attached hydrogen (secondary N) is 2.